The molecule has 0 saturated heterocycles. The smallest absolute Gasteiger partial charge is 0.430 e. The molecule has 0 aromatic heterocycles. The molecule has 180 valence electrons. The van der Waals surface area contributed by atoms with E-state index in [0.717, 1.165) is 10.6 Å². The molecule has 1 aliphatic heterocycles. The molecule has 0 bridgehead atoms. The van der Waals surface area contributed by atoms with Gasteiger partial charge in [0.15, 0.2) is 5.54 Å². The van der Waals surface area contributed by atoms with Crippen molar-refractivity contribution in [3.63, 3.8) is 0 Å². The molecule has 0 saturated carbocycles. The molecule has 9 heteroatoms. The van der Waals surface area contributed by atoms with E-state index in [1.54, 1.807) is 58.9 Å². The quantitative estimate of drug-likeness (QED) is 0.640. The Hall–Kier alpha value is -3.88. The lowest BCUT2D eigenvalue weighted by atomic mass is 9.85. The van der Waals surface area contributed by atoms with Gasteiger partial charge >= 0.3 is 12.2 Å². The number of benzene rings is 2. The van der Waals surface area contributed by atoms with Gasteiger partial charge in [-0.25, -0.2) is 15.0 Å². The first kappa shape index (κ1) is 24.8. The number of rotatable bonds is 6. The van der Waals surface area contributed by atoms with E-state index in [4.69, 9.17) is 9.47 Å². The number of amides is 3. The summed E-state index contributed by atoms with van der Waals surface area (Å²) in [6.45, 7) is 8.37. The largest absolute Gasteiger partial charge is 0.446 e. The Morgan fingerprint density at radius 3 is 2.09 bits per heavy atom. The molecule has 34 heavy (non-hydrogen) atoms. The molecule has 2 aromatic rings. The van der Waals surface area contributed by atoms with E-state index in [1.165, 1.54) is 5.01 Å². The summed E-state index contributed by atoms with van der Waals surface area (Å²) in [4.78, 5) is 40.0. The van der Waals surface area contributed by atoms with Crippen molar-refractivity contribution >= 4 is 29.5 Å². The molecule has 1 atom stereocenters. The summed E-state index contributed by atoms with van der Waals surface area (Å²) >= 11 is 0. The minimum atomic E-state index is -1.68. The molecule has 0 radical (unpaired) electrons. The predicted octanol–water partition coefficient (Wildman–Crippen LogP) is 4.29. The zero-order valence-electron chi connectivity index (χ0n) is 20.0. The highest BCUT2D eigenvalue weighted by molar-refractivity contribution is 6.23. The van der Waals surface area contributed by atoms with E-state index in [0.29, 0.717) is 11.4 Å². The number of para-hydroxylation sites is 1. The summed E-state index contributed by atoms with van der Waals surface area (Å²) in [7, 11) is 0. The molecule has 3 rings (SSSR count). The van der Waals surface area contributed by atoms with E-state index in [1.807, 2.05) is 36.4 Å². The van der Waals surface area contributed by atoms with E-state index >= 15 is 0 Å². The van der Waals surface area contributed by atoms with Gasteiger partial charge in [0, 0.05) is 6.42 Å². The summed E-state index contributed by atoms with van der Waals surface area (Å²) in [6.07, 6.45) is -2.67. The molecule has 2 aromatic carbocycles. The topological polar surface area (TPSA) is 101 Å². The van der Waals surface area contributed by atoms with E-state index < -0.39 is 35.8 Å². The van der Waals surface area contributed by atoms with Crippen LogP contribution in [0.1, 0.15) is 40.2 Å². The standard InChI is InChI=1S/C25H30N4O5/c1-17(2)33-23(31)27-29(24(32)34-18(3)4)25(16-20-12-8-6-9-13-20)19(5)26-28(22(25)30)21-14-10-7-11-15-21/h6-15,17-18H,16H2,1-5H3,(H,27,31)/t25-/m1/s1. The minimum absolute atomic E-state index is 0.0560. The third-order valence-corrected chi connectivity index (χ3v) is 5.14. The second kappa shape index (κ2) is 10.4. The van der Waals surface area contributed by atoms with Crippen molar-refractivity contribution in [2.75, 3.05) is 5.01 Å². The Bertz CT molecular complexity index is 1060. The Labute approximate surface area is 199 Å². The second-order valence-electron chi connectivity index (χ2n) is 8.49. The molecule has 0 unspecified atom stereocenters. The highest BCUT2D eigenvalue weighted by Crippen LogP contribution is 2.34. The Balaban J connectivity index is 2.13. The number of hydrogen-bond acceptors (Lipinski definition) is 6. The van der Waals surface area contributed by atoms with Crippen molar-refractivity contribution in [3.8, 4) is 0 Å². The molecule has 1 heterocycles. The van der Waals surface area contributed by atoms with Crippen molar-refractivity contribution in [3.05, 3.63) is 66.2 Å². The number of hydrazone groups is 1. The number of carbonyl (C=O) groups excluding carboxylic acids is 3. The third kappa shape index (κ3) is 5.19. The van der Waals surface area contributed by atoms with Gasteiger partial charge in [0.05, 0.1) is 23.6 Å². The maximum atomic E-state index is 14.0. The van der Waals surface area contributed by atoms with Crippen molar-refractivity contribution < 1.29 is 23.9 Å². The van der Waals surface area contributed by atoms with Gasteiger partial charge in [0.2, 0.25) is 0 Å². The van der Waals surface area contributed by atoms with Crippen LogP contribution in [0, 0.1) is 0 Å². The number of ether oxygens (including phenoxy) is 2. The first-order valence-corrected chi connectivity index (χ1v) is 11.1. The van der Waals surface area contributed by atoms with Crippen molar-refractivity contribution in [2.24, 2.45) is 5.10 Å². The first-order chi connectivity index (χ1) is 16.1. The number of anilines is 1. The average Bonchev–Trinajstić information content (AvgIpc) is 3.03. The average molecular weight is 467 g/mol. The van der Waals surface area contributed by atoms with Gasteiger partial charge in [-0.1, -0.05) is 48.5 Å². The Kier molecular flexibility index (Phi) is 7.55. The summed E-state index contributed by atoms with van der Waals surface area (Å²) in [5.41, 5.74) is 2.39. The van der Waals surface area contributed by atoms with E-state index in [-0.39, 0.29) is 6.42 Å². The van der Waals surface area contributed by atoms with Gasteiger partial charge in [0.1, 0.15) is 0 Å². The normalized spacial score (nSPS) is 17.6. The lowest BCUT2D eigenvalue weighted by Gasteiger charge is -2.38. The lowest BCUT2D eigenvalue weighted by Crippen LogP contribution is -2.68. The fourth-order valence-corrected chi connectivity index (χ4v) is 3.67. The van der Waals surface area contributed by atoms with Crippen LogP contribution in [-0.2, 0) is 20.7 Å². The monoisotopic (exact) mass is 466 g/mol. The molecule has 3 amide bonds. The fraction of sp³-hybridized carbons (Fsp3) is 0.360. The van der Waals surface area contributed by atoms with Crippen LogP contribution in [0.2, 0.25) is 0 Å². The van der Waals surface area contributed by atoms with Gasteiger partial charge in [-0.2, -0.15) is 15.1 Å². The number of hydrazine groups is 1. The zero-order chi connectivity index (χ0) is 24.9. The summed E-state index contributed by atoms with van der Waals surface area (Å²) < 4.78 is 10.6. The molecule has 0 spiro atoms. The van der Waals surface area contributed by atoms with Crippen LogP contribution < -0.4 is 10.4 Å². The van der Waals surface area contributed by atoms with Gasteiger partial charge in [0.25, 0.3) is 5.91 Å². The highest BCUT2D eigenvalue weighted by Gasteiger charge is 2.57. The SMILES string of the molecule is CC1=NN(c2ccccc2)C(=O)[C@]1(Cc1ccccc1)N(NC(=O)OC(C)C)C(=O)OC(C)C. The number of nitrogens with one attached hydrogen (secondary N) is 1. The molecular formula is C25H30N4O5. The van der Waals surface area contributed by atoms with Crippen LogP contribution in [-0.4, -0.2) is 46.6 Å². The van der Waals surface area contributed by atoms with Crippen molar-refractivity contribution in [1.29, 1.82) is 0 Å². The fourth-order valence-electron chi connectivity index (χ4n) is 3.67. The van der Waals surface area contributed by atoms with Gasteiger partial charge in [-0.15, -0.1) is 0 Å². The molecule has 0 fully saturated rings. The predicted molar refractivity (Wildman–Crippen MR) is 128 cm³/mol. The van der Waals surface area contributed by atoms with Gasteiger partial charge < -0.3 is 9.47 Å². The molecular weight excluding hydrogens is 436 g/mol. The zero-order valence-corrected chi connectivity index (χ0v) is 20.0. The van der Waals surface area contributed by atoms with Gasteiger partial charge in [-0.05, 0) is 52.3 Å². The molecule has 1 N–H and O–H groups in total. The number of hydrogen-bond donors (Lipinski definition) is 1. The summed E-state index contributed by atoms with van der Waals surface area (Å²) in [5.74, 6) is -0.509. The number of nitrogens with zero attached hydrogens (tertiary/aromatic N) is 3. The Morgan fingerprint density at radius 1 is 0.971 bits per heavy atom. The maximum absolute atomic E-state index is 14.0. The highest BCUT2D eigenvalue weighted by atomic mass is 16.6. The first-order valence-electron chi connectivity index (χ1n) is 11.1. The molecule has 9 nitrogen and oxygen atoms in total. The van der Waals surface area contributed by atoms with Crippen LogP contribution in [0.25, 0.3) is 0 Å². The third-order valence-electron chi connectivity index (χ3n) is 5.14. The van der Waals surface area contributed by atoms with E-state index in [9.17, 15) is 14.4 Å². The van der Waals surface area contributed by atoms with Crippen molar-refractivity contribution in [1.82, 2.24) is 10.4 Å². The van der Waals surface area contributed by atoms with Crippen LogP contribution >= 0.6 is 0 Å². The van der Waals surface area contributed by atoms with Gasteiger partial charge in [-0.3, -0.25) is 4.79 Å². The van der Waals surface area contributed by atoms with Crippen LogP contribution in [0.15, 0.2) is 65.8 Å². The van der Waals surface area contributed by atoms with Crippen molar-refractivity contribution in [2.45, 2.75) is 58.8 Å². The summed E-state index contributed by atoms with van der Waals surface area (Å²) in [6, 6.07) is 18.1. The number of carbonyl (C=O) groups is 3. The molecule has 1 aliphatic rings. The lowest BCUT2D eigenvalue weighted by molar-refractivity contribution is -0.126. The van der Waals surface area contributed by atoms with Crippen LogP contribution in [0.4, 0.5) is 15.3 Å². The Morgan fingerprint density at radius 2 is 1.53 bits per heavy atom. The summed E-state index contributed by atoms with van der Waals surface area (Å²) in [5, 5.41) is 6.65. The van der Waals surface area contributed by atoms with E-state index in [2.05, 4.69) is 10.5 Å². The maximum Gasteiger partial charge on any atom is 0.430 e. The molecule has 0 aliphatic carbocycles. The van der Waals surface area contributed by atoms with Crippen LogP contribution in [0.3, 0.4) is 0 Å². The van der Waals surface area contributed by atoms with Crippen LogP contribution in [0.5, 0.6) is 0 Å². The minimum Gasteiger partial charge on any atom is -0.446 e. The second-order valence-corrected chi connectivity index (χ2v) is 8.49.